The number of rotatable bonds is 5. The predicted molar refractivity (Wildman–Crippen MR) is 123 cm³/mol. The monoisotopic (exact) mass is 437 g/mol. The van der Waals surface area contributed by atoms with Gasteiger partial charge in [0.05, 0.1) is 12.0 Å². The molecule has 0 radical (unpaired) electrons. The third kappa shape index (κ3) is 3.93. The van der Waals surface area contributed by atoms with Gasteiger partial charge in [-0.2, -0.15) is 0 Å². The number of carbonyl (C=O) groups is 3. The number of hydrogen-bond donors (Lipinski definition) is 1. The fourth-order valence-corrected chi connectivity index (χ4v) is 7.33. The molecule has 3 amide bonds. The summed E-state index contributed by atoms with van der Waals surface area (Å²) in [5, 5.41) is 2.86. The van der Waals surface area contributed by atoms with Crippen molar-refractivity contribution in [2.45, 2.75) is 64.3 Å². The van der Waals surface area contributed by atoms with Crippen LogP contribution < -0.4 is 5.32 Å². The lowest BCUT2D eigenvalue weighted by atomic mass is 9.49. The summed E-state index contributed by atoms with van der Waals surface area (Å²) in [6.45, 7) is 2.65. The standard InChI is InChI=1S/C26H35N3O3/c1-17-5-7-21(8-6-17)27-23(30)16-28(2)24(31)22-4-3-9-29(22)25(32)26-13-18-10-19(14-26)12-20(11-18)15-26/h5-8,18-20,22H,3-4,9-16H2,1-2H3,(H,27,30). The minimum atomic E-state index is -0.423. The van der Waals surface area contributed by atoms with E-state index in [1.165, 1.54) is 24.2 Å². The first kappa shape index (κ1) is 21.5. The number of nitrogens with zero attached hydrogens (tertiary/aromatic N) is 2. The average molecular weight is 438 g/mol. The lowest BCUT2D eigenvalue weighted by Crippen LogP contribution is -2.57. The van der Waals surface area contributed by atoms with Crippen LogP contribution in [0.2, 0.25) is 0 Å². The number of carbonyl (C=O) groups excluding carboxylic acids is 3. The fraction of sp³-hybridized carbons (Fsp3) is 0.654. The molecular formula is C26H35N3O3. The average Bonchev–Trinajstić information content (AvgIpc) is 3.23. The molecule has 5 fully saturated rings. The molecule has 1 N–H and O–H groups in total. The van der Waals surface area contributed by atoms with Gasteiger partial charge in [0.25, 0.3) is 0 Å². The second-order valence-corrected chi connectivity index (χ2v) is 11.0. The summed E-state index contributed by atoms with van der Waals surface area (Å²) in [6.07, 6.45) is 8.51. The van der Waals surface area contributed by atoms with Crippen LogP contribution in [0.15, 0.2) is 24.3 Å². The fourth-order valence-electron chi connectivity index (χ4n) is 7.33. The molecule has 1 heterocycles. The van der Waals surface area contributed by atoms with E-state index in [4.69, 9.17) is 0 Å². The largest absolute Gasteiger partial charge is 0.335 e. The molecule has 6 heteroatoms. The van der Waals surface area contributed by atoms with Gasteiger partial charge in [0, 0.05) is 19.3 Å². The maximum Gasteiger partial charge on any atom is 0.245 e. The highest BCUT2D eigenvalue weighted by Crippen LogP contribution is 2.60. The van der Waals surface area contributed by atoms with Gasteiger partial charge in [-0.25, -0.2) is 0 Å². The van der Waals surface area contributed by atoms with Crippen molar-refractivity contribution in [1.29, 1.82) is 0 Å². The zero-order valence-corrected chi connectivity index (χ0v) is 19.3. The summed E-state index contributed by atoms with van der Waals surface area (Å²) in [7, 11) is 1.67. The minimum absolute atomic E-state index is 0.0113. The van der Waals surface area contributed by atoms with Crippen molar-refractivity contribution in [1.82, 2.24) is 9.80 Å². The van der Waals surface area contributed by atoms with E-state index < -0.39 is 6.04 Å². The van der Waals surface area contributed by atoms with Crippen molar-refractivity contribution in [2.75, 3.05) is 25.5 Å². The number of nitrogens with one attached hydrogen (secondary N) is 1. The predicted octanol–water partition coefficient (Wildman–Crippen LogP) is 3.60. The van der Waals surface area contributed by atoms with Gasteiger partial charge in [-0.1, -0.05) is 17.7 Å². The van der Waals surface area contributed by atoms with Gasteiger partial charge in [0.2, 0.25) is 17.7 Å². The second-order valence-electron chi connectivity index (χ2n) is 11.0. The van der Waals surface area contributed by atoms with Gasteiger partial charge in [-0.15, -0.1) is 0 Å². The quantitative estimate of drug-likeness (QED) is 0.765. The summed E-state index contributed by atoms with van der Waals surface area (Å²) < 4.78 is 0. The number of likely N-dealkylation sites (tertiary alicyclic amines) is 1. The number of benzene rings is 1. The van der Waals surface area contributed by atoms with Crippen LogP contribution in [0.4, 0.5) is 5.69 Å². The lowest BCUT2D eigenvalue weighted by molar-refractivity contribution is -0.161. The van der Waals surface area contributed by atoms with Crippen molar-refractivity contribution in [2.24, 2.45) is 23.2 Å². The Morgan fingerprint density at radius 3 is 2.22 bits per heavy atom. The van der Waals surface area contributed by atoms with E-state index in [1.54, 1.807) is 7.05 Å². The van der Waals surface area contributed by atoms with Gasteiger partial charge in [-0.05, 0) is 88.2 Å². The Balaban J connectivity index is 1.23. The van der Waals surface area contributed by atoms with Crippen LogP contribution in [0.5, 0.6) is 0 Å². The molecule has 1 unspecified atom stereocenters. The zero-order chi connectivity index (χ0) is 22.5. The van der Waals surface area contributed by atoms with Crippen LogP contribution in [0.3, 0.4) is 0 Å². The molecule has 4 aliphatic carbocycles. The number of anilines is 1. The second kappa shape index (κ2) is 8.20. The highest BCUT2D eigenvalue weighted by Gasteiger charge is 2.56. The zero-order valence-electron chi connectivity index (χ0n) is 19.3. The first-order chi connectivity index (χ1) is 15.3. The van der Waals surface area contributed by atoms with E-state index >= 15 is 0 Å². The topological polar surface area (TPSA) is 69.7 Å². The molecule has 1 atom stereocenters. The Morgan fingerprint density at radius 2 is 1.62 bits per heavy atom. The van der Waals surface area contributed by atoms with Crippen molar-refractivity contribution >= 4 is 23.4 Å². The maximum absolute atomic E-state index is 13.8. The van der Waals surface area contributed by atoms with Crippen molar-refractivity contribution < 1.29 is 14.4 Å². The number of hydrogen-bond acceptors (Lipinski definition) is 3. The van der Waals surface area contributed by atoms with E-state index in [9.17, 15) is 14.4 Å². The number of amides is 3. The van der Waals surface area contributed by atoms with Gasteiger partial charge in [-0.3, -0.25) is 14.4 Å². The molecule has 6 nitrogen and oxygen atoms in total. The molecule has 1 saturated heterocycles. The van der Waals surface area contributed by atoms with Crippen LogP contribution in [-0.4, -0.2) is 53.7 Å². The third-order valence-corrected chi connectivity index (χ3v) is 8.38. The number of aryl methyl sites for hydroxylation is 1. The Bertz CT molecular complexity index is 874. The van der Waals surface area contributed by atoms with Crippen molar-refractivity contribution in [3.63, 3.8) is 0 Å². The van der Waals surface area contributed by atoms with Crippen LogP contribution in [0.1, 0.15) is 56.9 Å². The summed E-state index contributed by atoms with van der Waals surface area (Å²) in [6, 6.07) is 7.18. The summed E-state index contributed by atoms with van der Waals surface area (Å²) in [5.41, 5.74) is 1.63. The first-order valence-corrected chi connectivity index (χ1v) is 12.3. The molecule has 172 valence electrons. The SMILES string of the molecule is Cc1ccc(NC(=O)CN(C)C(=O)C2CCCN2C(=O)C23CC4CC(CC(C4)C2)C3)cc1. The van der Waals surface area contributed by atoms with E-state index in [0.717, 1.165) is 36.9 Å². The molecule has 4 saturated carbocycles. The maximum atomic E-state index is 13.8. The molecule has 6 rings (SSSR count). The first-order valence-electron chi connectivity index (χ1n) is 12.3. The smallest absolute Gasteiger partial charge is 0.245 e. The van der Waals surface area contributed by atoms with Crippen LogP contribution in [0, 0.1) is 30.1 Å². The highest BCUT2D eigenvalue weighted by atomic mass is 16.2. The van der Waals surface area contributed by atoms with Crippen molar-refractivity contribution in [3.8, 4) is 0 Å². The van der Waals surface area contributed by atoms with E-state index in [-0.39, 0.29) is 29.7 Å². The molecule has 1 aromatic carbocycles. The van der Waals surface area contributed by atoms with Gasteiger partial charge in [0.15, 0.2) is 0 Å². The lowest BCUT2D eigenvalue weighted by Gasteiger charge is -2.56. The third-order valence-electron chi connectivity index (χ3n) is 8.38. The molecule has 0 aromatic heterocycles. The van der Waals surface area contributed by atoms with Crippen molar-refractivity contribution in [3.05, 3.63) is 29.8 Å². The number of likely N-dealkylation sites (N-methyl/N-ethyl adjacent to an activating group) is 1. The van der Waals surface area contributed by atoms with Crippen LogP contribution in [-0.2, 0) is 14.4 Å². The molecule has 1 aliphatic heterocycles. The van der Waals surface area contributed by atoms with E-state index in [1.807, 2.05) is 36.1 Å². The highest BCUT2D eigenvalue weighted by molar-refractivity contribution is 5.96. The Morgan fingerprint density at radius 1 is 1.03 bits per heavy atom. The van der Waals surface area contributed by atoms with Gasteiger partial charge >= 0.3 is 0 Å². The normalized spacial score (nSPS) is 32.8. The summed E-state index contributed by atoms with van der Waals surface area (Å²) in [5.74, 6) is 2.01. The Labute approximate surface area is 190 Å². The Hall–Kier alpha value is -2.37. The molecular weight excluding hydrogens is 402 g/mol. The van der Waals surface area contributed by atoms with Gasteiger partial charge < -0.3 is 15.1 Å². The minimum Gasteiger partial charge on any atom is -0.335 e. The van der Waals surface area contributed by atoms with Crippen LogP contribution >= 0.6 is 0 Å². The van der Waals surface area contributed by atoms with Gasteiger partial charge in [0.1, 0.15) is 6.04 Å². The Kier molecular flexibility index (Phi) is 5.50. The summed E-state index contributed by atoms with van der Waals surface area (Å²) >= 11 is 0. The molecule has 32 heavy (non-hydrogen) atoms. The molecule has 1 aromatic rings. The molecule has 4 bridgehead atoms. The molecule has 0 spiro atoms. The summed E-state index contributed by atoms with van der Waals surface area (Å²) in [4.78, 5) is 42.9. The van der Waals surface area contributed by atoms with E-state index in [2.05, 4.69) is 5.32 Å². The van der Waals surface area contributed by atoms with Crippen LogP contribution in [0.25, 0.3) is 0 Å². The molecule has 5 aliphatic rings. The van der Waals surface area contributed by atoms with E-state index in [0.29, 0.717) is 30.7 Å².